The first-order valence-electron chi connectivity index (χ1n) is 7.83. The maximum Gasteiger partial charge on any atom is 0.453 e. The first kappa shape index (κ1) is 21.0. The van der Waals surface area contributed by atoms with Crippen LogP contribution in [0.25, 0.3) is 0 Å². The molecule has 0 aliphatic rings. The van der Waals surface area contributed by atoms with Gasteiger partial charge in [-0.3, -0.25) is 0 Å². The minimum absolute atomic E-state index is 0.0891. The first-order chi connectivity index (χ1) is 9.81. The summed E-state index contributed by atoms with van der Waals surface area (Å²) in [5.41, 5.74) is 0. The Morgan fingerprint density at radius 2 is 1.14 bits per heavy atom. The van der Waals surface area contributed by atoms with Gasteiger partial charge in [0.25, 0.3) is 0 Å². The van der Waals surface area contributed by atoms with Gasteiger partial charge in [0.15, 0.2) is 0 Å². The molecular weight excluding hydrogens is 307 g/mol. The fraction of sp³-hybridized carbons (Fsp3) is 1.00. The van der Waals surface area contributed by atoms with Crippen molar-refractivity contribution in [3.05, 3.63) is 0 Å². The molecule has 0 aromatic carbocycles. The summed E-state index contributed by atoms with van der Waals surface area (Å²) in [7, 11) is 0. The van der Waals surface area contributed by atoms with E-state index in [0.29, 0.717) is 5.75 Å². The smallest absolute Gasteiger partial charge is 0.196 e. The van der Waals surface area contributed by atoms with Crippen LogP contribution >= 0.6 is 11.8 Å². The number of rotatable bonds is 13. The minimum atomic E-state index is -5.41. The average molecular weight is 334 g/mol. The fourth-order valence-corrected chi connectivity index (χ4v) is 2.94. The summed E-state index contributed by atoms with van der Waals surface area (Å²) in [4.78, 5) is 0. The number of hydrogen-bond donors (Lipinski definition) is 0. The van der Waals surface area contributed by atoms with E-state index in [0.717, 1.165) is 18.6 Å². The Balaban J connectivity index is 3.30. The minimum Gasteiger partial charge on any atom is -0.196 e. The summed E-state index contributed by atoms with van der Waals surface area (Å²) in [6, 6.07) is 0. The molecule has 0 heterocycles. The van der Waals surface area contributed by atoms with Crippen LogP contribution in [0.4, 0.5) is 22.0 Å². The summed E-state index contributed by atoms with van der Waals surface area (Å²) in [6.45, 7) is 2.18. The van der Waals surface area contributed by atoms with Crippen LogP contribution in [0.3, 0.4) is 0 Å². The van der Waals surface area contributed by atoms with E-state index >= 15 is 0 Å². The van der Waals surface area contributed by atoms with Crippen molar-refractivity contribution in [2.45, 2.75) is 83.2 Å². The van der Waals surface area contributed by atoms with Crippen molar-refractivity contribution in [3.8, 4) is 0 Å². The Morgan fingerprint density at radius 1 is 0.667 bits per heavy atom. The Labute approximate surface area is 129 Å². The molecule has 0 amide bonds. The normalized spacial score (nSPS) is 12.9. The van der Waals surface area contributed by atoms with Crippen molar-refractivity contribution in [1.29, 1.82) is 0 Å². The monoisotopic (exact) mass is 334 g/mol. The van der Waals surface area contributed by atoms with Gasteiger partial charge >= 0.3 is 12.1 Å². The highest BCUT2D eigenvalue weighted by molar-refractivity contribution is 7.99. The van der Waals surface area contributed by atoms with Crippen molar-refractivity contribution in [2.24, 2.45) is 0 Å². The third kappa shape index (κ3) is 11.2. The zero-order valence-corrected chi connectivity index (χ0v) is 13.6. The maximum absolute atomic E-state index is 12.6. The highest BCUT2D eigenvalue weighted by atomic mass is 32.2. The SMILES string of the molecule is CCCCCCCCCCSCCCC(F)(F)C(F)(F)F. The second-order valence-corrected chi connectivity index (χ2v) is 6.62. The molecule has 0 unspecified atom stereocenters. The Kier molecular flexibility index (Phi) is 11.6. The van der Waals surface area contributed by atoms with Crippen LogP contribution < -0.4 is 0 Å². The van der Waals surface area contributed by atoms with Crippen LogP contribution in [0, 0.1) is 0 Å². The summed E-state index contributed by atoms with van der Waals surface area (Å²) < 4.78 is 60.9. The molecule has 21 heavy (non-hydrogen) atoms. The molecule has 0 saturated carbocycles. The fourth-order valence-electron chi connectivity index (χ4n) is 1.98. The van der Waals surface area contributed by atoms with E-state index in [9.17, 15) is 22.0 Å². The largest absolute Gasteiger partial charge is 0.453 e. The summed E-state index contributed by atoms with van der Waals surface area (Å²) in [6.07, 6.45) is 3.07. The zero-order valence-electron chi connectivity index (χ0n) is 12.8. The maximum atomic E-state index is 12.6. The van der Waals surface area contributed by atoms with Crippen molar-refractivity contribution in [1.82, 2.24) is 0 Å². The lowest BCUT2D eigenvalue weighted by molar-refractivity contribution is -0.284. The van der Waals surface area contributed by atoms with E-state index in [1.165, 1.54) is 50.3 Å². The molecule has 0 N–H and O–H groups in total. The summed E-state index contributed by atoms with van der Waals surface area (Å²) in [5, 5.41) is 0. The van der Waals surface area contributed by atoms with Crippen LogP contribution in [-0.2, 0) is 0 Å². The first-order valence-corrected chi connectivity index (χ1v) is 8.99. The van der Waals surface area contributed by atoms with E-state index in [4.69, 9.17) is 0 Å². The molecule has 0 aromatic rings. The Hall–Kier alpha value is -0.0000000000000000555. The van der Waals surface area contributed by atoms with Gasteiger partial charge in [0.05, 0.1) is 0 Å². The lowest BCUT2D eigenvalue weighted by atomic mass is 10.1. The Bertz CT molecular complexity index is 241. The standard InChI is InChI=1S/C15H27F5S/c1-2-3-4-5-6-7-8-9-12-21-13-10-11-14(16,17)15(18,19)20/h2-13H2,1H3. The van der Waals surface area contributed by atoms with E-state index in [1.54, 1.807) is 0 Å². The molecule has 0 fully saturated rings. The molecule has 128 valence electrons. The van der Waals surface area contributed by atoms with E-state index in [-0.39, 0.29) is 6.42 Å². The molecule has 0 aromatic heterocycles. The lowest BCUT2D eigenvalue weighted by Gasteiger charge is -2.19. The molecule has 0 radical (unpaired) electrons. The highest BCUT2D eigenvalue weighted by Gasteiger charge is 2.56. The third-order valence-corrected chi connectivity index (χ3v) is 4.49. The van der Waals surface area contributed by atoms with Crippen molar-refractivity contribution >= 4 is 11.8 Å². The van der Waals surface area contributed by atoms with E-state index in [1.807, 2.05) is 0 Å². The molecular formula is C15H27F5S. The quantitative estimate of drug-likeness (QED) is 0.262. The molecule has 0 aliphatic heterocycles. The second-order valence-electron chi connectivity index (χ2n) is 5.39. The highest BCUT2D eigenvalue weighted by Crippen LogP contribution is 2.39. The number of alkyl halides is 5. The number of hydrogen-bond acceptors (Lipinski definition) is 1. The molecule has 0 rings (SSSR count). The lowest BCUT2D eigenvalue weighted by Crippen LogP contribution is -2.36. The topological polar surface area (TPSA) is 0 Å². The molecule has 0 nitrogen and oxygen atoms in total. The van der Waals surface area contributed by atoms with Gasteiger partial charge in [-0.1, -0.05) is 51.9 Å². The molecule has 0 spiro atoms. The Morgan fingerprint density at radius 3 is 1.67 bits per heavy atom. The van der Waals surface area contributed by atoms with Crippen LogP contribution in [0.5, 0.6) is 0 Å². The number of unbranched alkanes of at least 4 members (excludes halogenated alkanes) is 7. The van der Waals surface area contributed by atoms with E-state index in [2.05, 4.69) is 6.92 Å². The van der Waals surface area contributed by atoms with Gasteiger partial charge in [-0.15, -0.1) is 0 Å². The van der Waals surface area contributed by atoms with Crippen molar-refractivity contribution in [2.75, 3.05) is 11.5 Å². The van der Waals surface area contributed by atoms with Crippen molar-refractivity contribution in [3.63, 3.8) is 0 Å². The second kappa shape index (κ2) is 11.6. The van der Waals surface area contributed by atoms with Crippen LogP contribution in [0.1, 0.15) is 71.1 Å². The van der Waals surface area contributed by atoms with Gasteiger partial charge in [-0.2, -0.15) is 33.7 Å². The molecule has 0 atom stereocenters. The van der Waals surface area contributed by atoms with Gasteiger partial charge < -0.3 is 0 Å². The van der Waals surface area contributed by atoms with Crippen LogP contribution in [-0.4, -0.2) is 23.6 Å². The van der Waals surface area contributed by atoms with Gasteiger partial charge in [0.2, 0.25) is 0 Å². The van der Waals surface area contributed by atoms with Crippen LogP contribution in [0.2, 0.25) is 0 Å². The predicted octanol–water partition coefficient (Wildman–Crippen LogP) is 6.84. The molecule has 0 aliphatic carbocycles. The predicted molar refractivity (Wildman–Crippen MR) is 80.2 cm³/mol. The van der Waals surface area contributed by atoms with E-state index < -0.39 is 18.5 Å². The summed E-state index contributed by atoms with van der Waals surface area (Å²) in [5.74, 6) is -3.30. The summed E-state index contributed by atoms with van der Waals surface area (Å²) >= 11 is 1.48. The average Bonchev–Trinajstić information content (AvgIpc) is 2.38. The zero-order chi connectivity index (χ0) is 16.2. The van der Waals surface area contributed by atoms with Gasteiger partial charge in [0, 0.05) is 6.42 Å². The van der Waals surface area contributed by atoms with Gasteiger partial charge in [0.1, 0.15) is 0 Å². The van der Waals surface area contributed by atoms with Crippen molar-refractivity contribution < 1.29 is 22.0 Å². The molecule has 6 heteroatoms. The molecule has 0 saturated heterocycles. The van der Waals surface area contributed by atoms with Gasteiger partial charge in [-0.05, 0) is 24.3 Å². The van der Waals surface area contributed by atoms with Crippen LogP contribution in [0.15, 0.2) is 0 Å². The third-order valence-electron chi connectivity index (χ3n) is 3.34. The molecule has 0 bridgehead atoms. The van der Waals surface area contributed by atoms with Gasteiger partial charge in [-0.25, -0.2) is 0 Å². The number of thioether (sulfide) groups is 1. The number of halogens is 5.